The van der Waals surface area contributed by atoms with Crippen LogP contribution in [0.2, 0.25) is 0 Å². The number of hydrogen-bond acceptors (Lipinski definition) is 2. The SMILES string of the molecule is CCCOCCCNC(=O)c1ccc2[nH]c(C)c(C)c2c1. The van der Waals surface area contributed by atoms with Gasteiger partial charge in [0.2, 0.25) is 0 Å². The average molecular weight is 288 g/mol. The first-order valence-corrected chi connectivity index (χ1v) is 7.58. The molecule has 2 rings (SSSR count). The number of rotatable bonds is 7. The third-order valence-electron chi connectivity index (χ3n) is 3.67. The van der Waals surface area contributed by atoms with Gasteiger partial charge in [0, 0.05) is 41.9 Å². The van der Waals surface area contributed by atoms with Gasteiger partial charge in [0.15, 0.2) is 0 Å². The molecule has 0 spiro atoms. The first kappa shape index (κ1) is 15.6. The number of carbonyl (C=O) groups is 1. The Bertz CT molecular complexity index is 617. The number of ether oxygens (including phenoxy) is 1. The summed E-state index contributed by atoms with van der Waals surface area (Å²) in [6.45, 7) is 8.33. The second-order valence-corrected chi connectivity index (χ2v) is 5.36. The van der Waals surface area contributed by atoms with Crippen molar-refractivity contribution in [1.82, 2.24) is 10.3 Å². The lowest BCUT2D eigenvalue weighted by Crippen LogP contribution is -2.25. The summed E-state index contributed by atoms with van der Waals surface area (Å²) in [5.41, 5.74) is 4.14. The summed E-state index contributed by atoms with van der Waals surface area (Å²) >= 11 is 0. The molecule has 4 heteroatoms. The van der Waals surface area contributed by atoms with Crippen molar-refractivity contribution >= 4 is 16.8 Å². The topological polar surface area (TPSA) is 54.1 Å². The van der Waals surface area contributed by atoms with E-state index in [0.717, 1.165) is 36.0 Å². The number of aryl methyl sites for hydroxylation is 2. The van der Waals surface area contributed by atoms with Gasteiger partial charge in [0.25, 0.3) is 5.91 Å². The molecule has 2 aromatic rings. The molecule has 0 unspecified atom stereocenters. The van der Waals surface area contributed by atoms with Crippen LogP contribution in [0, 0.1) is 13.8 Å². The highest BCUT2D eigenvalue weighted by atomic mass is 16.5. The van der Waals surface area contributed by atoms with Crippen molar-refractivity contribution < 1.29 is 9.53 Å². The van der Waals surface area contributed by atoms with Gasteiger partial charge >= 0.3 is 0 Å². The molecule has 0 fully saturated rings. The lowest BCUT2D eigenvalue weighted by Gasteiger charge is -2.06. The number of nitrogens with one attached hydrogen (secondary N) is 2. The monoisotopic (exact) mass is 288 g/mol. The zero-order chi connectivity index (χ0) is 15.2. The largest absolute Gasteiger partial charge is 0.381 e. The van der Waals surface area contributed by atoms with Crippen LogP contribution in [0.3, 0.4) is 0 Å². The van der Waals surface area contributed by atoms with E-state index in [9.17, 15) is 4.79 Å². The molecule has 1 amide bonds. The minimum atomic E-state index is -0.0226. The summed E-state index contributed by atoms with van der Waals surface area (Å²) in [6, 6.07) is 5.78. The number of aromatic nitrogens is 1. The minimum absolute atomic E-state index is 0.0226. The molecule has 21 heavy (non-hydrogen) atoms. The quantitative estimate of drug-likeness (QED) is 0.768. The number of fused-ring (bicyclic) bond motifs is 1. The van der Waals surface area contributed by atoms with Crippen molar-refractivity contribution in [2.24, 2.45) is 0 Å². The summed E-state index contributed by atoms with van der Waals surface area (Å²) in [4.78, 5) is 15.4. The maximum absolute atomic E-state index is 12.1. The van der Waals surface area contributed by atoms with Crippen LogP contribution < -0.4 is 5.32 Å². The molecule has 0 aliphatic carbocycles. The van der Waals surface area contributed by atoms with E-state index >= 15 is 0 Å². The number of carbonyl (C=O) groups excluding carboxylic acids is 1. The molecule has 0 saturated carbocycles. The van der Waals surface area contributed by atoms with Gasteiger partial charge in [0.1, 0.15) is 0 Å². The highest BCUT2D eigenvalue weighted by Crippen LogP contribution is 2.22. The molecular formula is C17H24N2O2. The van der Waals surface area contributed by atoms with E-state index in [1.165, 1.54) is 5.56 Å². The second-order valence-electron chi connectivity index (χ2n) is 5.36. The molecule has 0 saturated heterocycles. The van der Waals surface area contributed by atoms with Crippen LogP contribution >= 0.6 is 0 Å². The predicted molar refractivity (Wildman–Crippen MR) is 85.8 cm³/mol. The molecule has 0 aliphatic heterocycles. The fourth-order valence-electron chi connectivity index (χ4n) is 2.33. The van der Waals surface area contributed by atoms with Gasteiger partial charge < -0.3 is 15.0 Å². The van der Waals surface area contributed by atoms with Crippen molar-refractivity contribution in [2.75, 3.05) is 19.8 Å². The van der Waals surface area contributed by atoms with Crippen molar-refractivity contribution in [1.29, 1.82) is 0 Å². The lowest BCUT2D eigenvalue weighted by molar-refractivity contribution is 0.0941. The van der Waals surface area contributed by atoms with Crippen LogP contribution in [-0.2, 0) is 4.74 Å². The minimum Gasteiger partial charge on any atom is -0.381 e. The summed E-state index contributed by atoms with van der Waals surface area (Å²) < 4.78 is 5.39. The zero-order valence-corrected chi connectivity index (χ0v) is 13.1. The Balaban J connectivity index is 1.92. The molecule has 1 aromatic carbocycles. The summed E-state index contributed by atoms with van der Waals surface area (Å²) in [5.74, 6) is -0.0226. The first-order chi connectivity index (χ1) is 10.1. The maximum Gasteiger partial charge on any atom is 0.251 e. The Labute approximate surface area is 125 Å². The normalized spacial score (nSPS) is 11.0. The van der Waals surface area contributed by atoms with E-state index in [1.807, 2.05) is 25.1 Å². The van der Waals surface area contributed by atoms with Crippen LogP contribution in [0.4, 0.5) is 0 Å². The predicted octanol–water partition coefficient (Wildman–Crippen LogP) is 3.33. The van der Waals surface area contributed by atoms with Crippen LogP contribution in [0.5, 0.6) is 0 Å². The van der Waals surface area contributed by atoms with Crippen LogP contribution in [-0.4, -0.2) is 30.6 Å². The van der Waals surface area contributed by atoms with Crippen LogP contribution in [0.1, 0.15) is 41.4 Å². The molecule has 0 aliphatic rings. The Hall–Kier alpha value is -1.81. The highest BCUT2D eigenvalue weighted by Gasteiger charge is 2.09. The maximum atomic E-state index is 12.1. The van der Waals surface area contributed by atoms with Gasteiger partial charge in [-0.3, -0.25) is 4.79 Å². The number of benzene rings is 1. The smallest absolute Gasteiger partial charge is 0.251 e. The third kappa shape index (κ3) is 3.85. The number of hydrogen-bond donors (Lipinski definition) is 2. The molecule has 1 aromatic heterocycles. The van der Waals surface area contributed by atoms with Gasteiger partial charge in [-0.15, -0.1) is 0 Å². The Kier molecular flexibility index (Phi) is 5.39. The van der Waals surface area contributed by atoms with Gasteiger partial charge in [0.05, 0.1) is 0 Å². The molecule has 0 radical (unpaired) electrons. The standard InChI is InChI=1S/C17H24N2O2/c1-4-9-21-10-5-8-18-17(20)14-6-7-16-15(11-14)12(2)13(3)19-16/h6-7,11,19H,4-5,8-10H2,1-3H3,(H,18,20). The van der Waals surface area contributed by atoms with E-state index in [2.05, 4.69) is 24.1 Å². The van der Waals surface area contributed by atoms with Crippen molar-refractivity contribution in [3.63, 3.8) is 0 Å². The molecule has 2 N–H and O–H groups in total. The fraction of sp³-hybridized carbons (Fsp3) is 0.471. The molecule has 1 heterocycles. The van der Waals surface area contributed by atoms with Crippen molar-refractivity contribution in [3.05, 3.63) is 35.0 Å². The molecular weight excluding hydrogens is 264 g/mol. The average Bonchev–Trinajstić information content (AvgIpc) is 2.77. The molecule has 0 atom stereocenters. The van der Waals surface area contributed by atoms with E-state index in [4.69, 9.17) is 4.74 Å². The van der Waals surface area contributed by atoms with E-state index in [0.29, 0.717) is 18.7 Å². The highest BCUT2D eigenvalue weighted by molar-refractivity contribution is 5.99. The third-order valence-corrected chi connectivity index (χ3v) is 3.67. The fourth-order valence-corrected chi connectivity index (χ4v) is 2.33. The van der Waals surface area contributed by atoms with Gasteiger partial charge in [-0.1, -0.05) is 6.92 Å². The Morgan fingerprint density at radius 2 is 2.10 bits per heavy atom. The van der Waals surface area contributed by atoms with Gasteiger partial charge in [-0.2, -0.15) is 0 Å². The molecule has 114 valence electrons. The van der Waals surface area contributed by atoms with E-state index < -0.39 is 0 Å². The van der Waals surface area contributed by atoms with E-state index in [1.54, 1.807) is 0 Å². The van der Waals surface area contributed by atoms with Crippen molar-refractivity contribution in [2.45, 2.75) is 33.6 Å². The first-order valence-electron chi connectivity index (χ1n) is 7.58. The zero-order valence-electron chi connectivity index (χ0n) is 13.1. The Morgan fingerprint density at radius 3 is 2.86 bits per heavy atom. The number of H-pyrrole nitrogens is 1. The van der Waals surface area contributed by atoms with Crippen LogP contribution in [0.15, 0.2) is 18.2 Å². The lowest BCUT2D eigenvalue weighted by atomic mass is 10.1. The Morgan fingerprint density at radius 1 is 1.29 bits per heavy atom. The van der Waals surface area contributed by atoms with Gasteiger partial charge in [-0.05, 0) is 50.5 Å². The van der Waals surface area contributed by atoms with E-state index in [-0.39, 0.29) is 5.91 Å². The number of amides is 1. The molecule has 4 nitrogen and oxygen atoms in total. The number of aromatic amines is 1. The molecule has 0 bridgehead atoms. The summed E-state index contributed by atoms with van der Waals surface area (Å²) in [6.07, 6.45) is 1.87. The second kappa shape index (κ2) is 7.27. The summed E-state index contributed by atoms with van der Waals surface area (Å²) in [7, 11) is 0. The van der Waals surface area contributed by atoms with Crippen LogP contribution in [0.25, 0.3) is 10.9 Å². The van der Waals surface area contributed by atoms with Gasteiger partial charge in [-0.25, -0.2) is 0 Å². The van der Waals surface area contributed by atoms with Crippen molar-refractivity contribution in [3.8, 4) is 0 Å². The summed E-state index contributed by atoms with van der Waals surface area (Å²) in [5, 5.41) is 4.05.